The SMILES string of the molecule is Cc1nn(-c2ccc3ccccc3c2)c(C)c1-c1c2ccccc2c(-c2cccc3ccccc23)c2ccccc12. The second kappa shape index (κ2) is 9.18. The fourth-order valence-electron chi connectivity index (χ4n) is 6.70. The maximum atomic E-state index is 5.12. The van der Waals surface area contributed by atoms with Gasteiger partial charge in [-0.2, -0.15) is 5.10 Å². The zero-order valence-corrected chi connectivity index (χ0v) is 23.1. The molecule has 0 aliphatic carbocycles. The fraction of sp³-hybridized carbons (Fsp3) is 0.0513. The van der Waals surface area contributed by atoms with Gasteiger partial charge in [-0.3, -0.25) is 0 Å². The first-order valence-corrected chi connectivity index (χ1v) is 14.2. The van der Waals surface area contributed by atoms with Crippen molar-refractivity contribution in [2.75, 3.05) is 0 Å². The molecule has 1 aromatic heterocycles. The van der Waals surface area contributed by atoms with E-state index in [0.29, 0.717) is 0 Å². The summed E-state index contributed by atoms with van der Waals surface area (Å²) in [5.41, 5.74) is 8.26. The van der Waals surface area contributed by atoms with E-state index in [1.165, 1.54) is 65.3 Å². The highest BCUT2D eigenvalue weighted by molar-refractivity contribution is 6.23. The molecule has 0 aliphatic rings. The maximum Gasteiger partial charge on any atom is 0.0679 e. The van der Waals surface area contributed by atoms with Crippen LogP contribution in [0.5, 0.6) is 0 Å². The van der Waals surface area contributed by atoms with Gasteiger partial charge in [0.25, 0.3) is 0 Å². The molecule has 8 aromatic rings. The Hall–Kier alpha value is -5.21. The number of hydrogen-bond donors (Lipinski definition) is 0. The van der Waals surface area contributed by atoms with Gasteiger partial charge < -0.3 is 0 Å². The highest BCUT2D eigenvalue weighted by Crippen LogP contribution is 2.46. The minimum absolute atomic E-state index is 1.03. The smallest absolute Gasteiger partial charge is 0.0679 e. The topological polar surface area (TPSA) is 17.8 Å². The molecule has 0 aliphatic heterocycles. The summed E-state index contributed by atoms with van der Waals surface area (Å²) in [5, 5.41) is 15.1. The van der Waals surface area contributed by atoms with E-state index in [-0.39, 0.29) is 0 Å². The molecule has 194 valence electrons. The fourth-order valence-corrected chi connectivity index (χ4v) is 6.70. The highest BCUT2D eigenvalue weighted by Gasteiger charge is 2.22. The van der Waals surface area contributed by atoms with Crippen LogP contribution in [-0.4, -0.2) is 9.78 Å². The summed E-state index contributed by atoms with van der Waals surface area (Å²) in [5.74, 6) is 0. The van der Waals surface area contributed by atoms with Crippen LogP contribution in [0, 0.1) is 13.8 Å². The van der Waals surface area contributed by atoms with Crippen molar-refractivity contribution in [3.05, 3.63) is 145 Å². The third-order valence-electron chi connectivity index (χ3n) is 8.51. The zero-order chi connectivity index (χ0) is 27.5. The van der Waals surface area contributed by atoms with Gasteiger partial charge >= 0.3 is 0 Å². The molecular formula is C39H28N2. The Morgan fingerprint density at radius 2 is 0.976 bits per heavy atom. The van der Waals surface area contributed by atoms with Gasteiger partial charge in [0, 0.05) is 16.8 Å². The Morgan fingerprint density at radius 3 is 1.66 bits per heavy atom. The first kappa shape index (κ1) is 23.7. The summed E-state index contributed by atoms with van der Waals surface area (Å²) in [6, 6.07) is 48.2. The summed E-state index contributed by atoms with van der Waals surface area (Å²) in [4.78, 5) is 0. The van der Waals surface area contributed by atoms with Crippen LogP contribution in [0.2, 0.25) is 0 Å². The Kier molecular flexibility index (Phi) is 5.30. The number of benzene rings is 7. The first-order valence-electron chi connectivity index (χ1n) is 14.2. The zero-order valence-electron chi connectivity index (χ0n) is 23.1. The van der Waals surface area contributed by atoms with Crippen molar-refractivity contribution in [2.24, 2.45) is 0 Å². The molecule has 0 saturated carbocycles. The van der Waals surface area contributed by atoms with Crippen LogP contribution >= 0.6 is 0 Å². The number of rotatable bonds is 3. The van der Waals surface area contributed by atoms with Crippen LogP contribution < -0.4 is 0 Å². The summed E-state index contributed by atoms with van der Waals surface area (Å²) in [7, 11) is 0. The number of aryl methyl sites for hydroxylation is 1. The summed E-state index contributed by atoms with van der Waals surface area (Å²) < 4.78 is 2.11. The molecule has 0 amide bonds. The highest BCUT2D eigenvalue weighted by atomic mass is 15.3. The van der Waals surface area contributed by atoms with E-state index in [2.05, 4.69) is 152 Å². The van der Waals surface area contributed by atoms with Crippen LogP contribution in [-0.2, 0) is 0 Å². The third-order valence-corrected chi connectivity index (χ3v) is 8.51. The molecule has 0 N–H and O–H groups in total. The van der Waals surface area contributed by atoms with Crippen LogP contribution in [0.25, 0.3) is 71.0 Å². The van der Waals surface area contributed by atoms with Crippen LogP contribution in [0.1, 0.15) is 11.4 Å². The minimum Gasteiger partial charge on any atom is -0.237 e. The van der Waals surface area contributed by atoms with Crippen molar-refractivity contribution in [3.63, 3.8) is 0 Å². The van der Waals surface area contributed by atoms with Gasteiger partial charge in [0.1, 0.15) is 0 Å². The molecule has 41 heavy (non-hydrogen) atoms. The molecule has 0 saturated heterocycles. The average Bonchev–Trinajstić information content (AvgIpc) is 3.32. The normalized spacial score (nSPS) is 11.7. The van der Waals surface area contributed by atoms with Crippen molar-refractivity contribution in [3.8, 4) is 27.9 Å². The van der Waals surface area contributed by atoms with Gasteiger partial charge in [-0.25, -0.2) is 4.68 Å². The lowest BCUT2D eigenvalue weighted by Gasteiger charge is -2.19. The van der Waals surface area contributed by atoms with E-state index < -0.39 is 0 Å². The average molecular weight is 525 g/mol. The largest absolute Gasteiger partial charge is 0.237 e. The van der Waals surface area contributed by atoms with Gasteiger partial charge in [0.05, 0.1) is 11.4 Å². The second-order valence-corrected chi connectivity index (χ2v) is 10.9. The van der Waals surface area contributed by atoms with Crippen molar-refractivity contribution in [1.29, 1.82) is 0 Å². The molecule has 0 atom stereocenters. The van der Waals surface area contributed by atoms with Crippen molar-refractivity contribution < 1.29 is 0 Å². The van der Waals surface area contributed by atoms with Gasteiger partial charge in [0.15, 0.2) is 0 Å². The summed E-state index contributed by atoms with van der Waals surface area (Å²) in [6.45, 7) is 4.34. The van der Waals surface area contributed by atoms with E-state index in [9.17, 15) is 0 Å². The van der Waals surface area contributed by atoms with Crippen LogP contribution in [0.4, 0.5) is 0 Å². The Balaban J connectivity index is 1.45. The molecule has 1 heterocycles. The molecule has 7 aromatic carbocycles. The first-order chi connectivity index (χ1) is 20.2. The van der Waals surface area contributed by atoms with Gasteiger partial charge in [0.2, 0.25) is 0 Å². The minimum atomic E-state index is 1.03. The van der Waals surface area contributed by atoms with E-state index in [0.717, 1.165) is 17.1 Å². The van der Waals surface area contributed by atoms with Crippen molar-refractivity contribution in [1.82, 2.24) is 9.78 Å². The quantitative estimate of drug-likeness (QED) is 0.210. The molecular weight excluding hydrogens is 496 g/mol. The van der Waals surface area contributed by atoms with Gasteiger partial charge in [-0.05, 0) is 80.2 Å². The monoisotopic (exact) mass is 524 g/mol. The third kappa shape index (κ3) is 3.61. The van der Waals surface area contributed by atoms with Crippen LogP contribution in [0.3, 0.4) is 0 Å². The van der Waals surface area contributed by atoms with E-state index in [4.69, 9.17) is 5.10 Å². The van der Waals surface area contributed by atoms with Gasteiger partial charge in [-0.15, -0.1) is 0 Å². The molecule has 0 unspecified atom stereocenters. The molecule has 0 fully saturated rings. The molecule has 2 nitrogen and oxygen atoms in total. The number of hydrogen-bond acceptors (Lipinski definition) is 1. The lowest BCUT2D eigenvalue weighted by Crippen LogP contribution is -1.99. The van der Waals surface area contributed by atoms with Crippen molar-refractivity contribution in [2.45, 2.75) is 13.8 Å². The number of nitrogens with zero attached hydrogens (tertiary/aromatic N) is 2. The molecule has 8 rings (SSSR count). The molecule has 2 heteroatoms. The van der Waals surface area contributed by atoms with Crippen LogP contribution in [0.15, 0.2) is 133 Å². The predicted octanol–water partition coefficient (Wildman–Crippen LogP) is 10.4. The Labute approximate surface area is 239 Å². The molecule has 0 bridgehead atoms. The summed E-state index contributed by atoms with van der Waals surface area (Å²) in [6.07, 6.45) is 0. The number of aromatic nitrogens is 2. The lowest BCUT2D eigenvalue weighted by molar-refractivity contribution is 0.835. The van der Waals surface area contributed by atoms with Gasteiger partial charge in [-0.1, -0.05) is 121 Å². The Bertz CT molecular complexity index is 2220. The molecule has 0 radical (unpaired) electrons. The molecule has 0 spiro atoms. The summed E-state index contributed by atoms with van der Waals surface area (Å²) >= 11 is 0. The number of fused-ring (bicyclic) bond motifs is 4. The van der Waals surface area contributed by atoms with E-state index in [1.807, 2.05) is 0 Å². The Morgan fingerprint density at radius 1 is 0.439 bits per heavy atom. The van der Waals surface area contributed by atoms with E-state index in [1.54, 1.807) is 0 Å². The maximum absolute atomic E-state index is 5.12. The van der Waals surface area contributed by atoms with Crippen molar-refractivity contribution >= 4 is 43.1 Å². The van der Waals surface area contributed by atoms with E-state index >= 15 is 0 Å². The second-order valence-electron chi connectivity index (χ2n) is 10.9. The predicted molar refractivity (Wildman–Crippen MR) is 174 cm³/mol. The standard InChI is InChI=1S/C39H28N2/c1-25-37(26(2)41(40-25)30-23-22-27-12-3-4-14-29(27)24-30)39-35-19-9-7-17-33(35)38(34-18-8-10-20-36(34)39)32-21-11-15-28-13-5-6-16-31(28)32/h3-24H,1-2H3. The lowest BCUT2D eigenvalue weighted by atomic mass is 9.84.